The van der Waals surface area contributed by atoms with Crippen LogP contribution in [0.3, 0.4) is 0 Å². The second-order valence-electron chi connectivity index (χ2n) is 5.53. The van der Waals surface area contributed by atoms with Crippen LogP contribution >= 0.6 is 22.9 Å². The van der Waals surface area contributed by atoms with E-state index in [2.05, 4.69) is 10.6 Å². The molecule has 3 aromatic rings. The molecule has 0 aliphatic rings. The van der Waals surface area contributed by atoms with Gasteiger partial charge < -0.3 is 10.1 Å². The quantitative estimate of drug-likeness (QED) is 0.525. The van der Waals surface area contributed by atoms with E-state index in [0.29, 0.717) is 26.8 Å². The molecule has 1 aromatic heterocycles. The molecule has 138 valence electrons. The highest BCUT2D eigenvalue weighted by molar-refractivity contribution is 7.15. The normalized spacial score (nSPS) is 10.3. The van der Waals surface area contributed by atoms with Gasteiger partial charge in [0, 0.05) is 21.7 Å². The Morgan fingerprint density at radius 1 is 1.04 bits per heavy atom. The van der Waals surface area contributed by atoms with Crippen LogP contribution in [0.5, 0.6) is 0 Å². The number of halogens is 1. The number of hydrogen-bond acceptors (Lipinski definition) is 4. The summed E-state index contributed by atoms with van der Waals surface area (Å²) in [7, 11) is 0. The highest BCUT2D eigenvalue weighted by Crippen LogP contribution is 2.36. The molecule has 0 fully saturated rings. The molecule has 0 aliphatic carbocycles. The van der Waals surface area contributed by atoms with Gasteiger partial charge in [-0.3, -0.25) is 5.32 Å². The molecule has 0 aliphatic heterocycles. The fourth-order valence-electron chi connectivity index (χ4n) is 2.48. The second-order valence-corrected chi connectivity index (χ2v) is 6.84. The summed E-state index contributed by atoms with van der Waals surface area (Å²) < 4.78 is 5.18. The average molecular weight is 401 g/mol. The van der Waals surface area contributed by atoms with Gasteiger partial charge >= 0.3 is 12.0 Å². The largest absolute Gasteiger partial charge is 0.462 e. The molecule has 27 heavy (non-hydrogen) atoms. The number of ether oxygens (including phenoxy) is 1. The smallest absolute Gasteiger partial charge is 0.341 e. The van der Waals surface area contributed by atoms with E-state index >= 15 is 0 Å². The Hall–Kier alpha value is -2.83. The molecule has 0 bridgehead atoms. The van der Waals surface area contributed by atoms with E-state index in [0.717, 1.165) is 5.56 Å². The maximum Gasteiger partial charge on any atom is 0.341 e. The number of carbonyl (C=O) groups excluding carboxylic acids is 2. The lowest BCUT2D eigenvalue weighted by molar-refractivity contribution is 0.0529. The van der Waals surface area contributed by atoms with E-state index < -0.39 is 12.0 Å². The molecule has 0 saturated carbocycles. The van der Waals surface area contributed by atoms with Crippen molar-refractivity contribution in [2.45, 2.75) is 6.92 Å². The molecule has 0 spiro atoms. The van der Waals surface area contributed by atoms with Crippen LogP contribution in [-0.4, -0.2) is 18.6 Å². The Morgan fingerprint density at radius 3 is 2.41 bits per heavy atom. The summed E-state index contributed by atoms with van der Waals surface area (Å²) in [5.74, 6) is -0.487. The first-order valence-corrected chi connectivity index (χ1v) is 9.52. The van der Waals surface area contributed by atoms with Crippen LogP contribution in [0.15, 0.2) is 60.0 Å². The molecule has 3 rings (SSSR count). The molecule has 1 heterocycles. The van der Waals surface area contributed by atoms with Gasteiger partial charge in [-0.15, -0.1) is 11.3 Å². The number of urea groups is 1. The first-order valence-electron chi connectivity index (χ1n) is 8.26. The van der Waals surface area contributed by atoms with E-state index in [1.807, 2.05) is 35.7 Å². The van der Waals surface area contributed by atoms with Crippen molar-refractivity contribution < 1.29 is 14.3 Å². The lowest BCUT2D eigenvalue weighted by atomic mass is 10.0. The highest BCUT2D eigenvalue weighted by atomic mass is 35.5. The van der Waals surface area contributed by atoms with E-state index in [1.165, 1.54) is 11.3 Å². The first-order chi connectivity index (χ1) is 13.1. The molecule has 2 N–H and O–H groups in total. The number of hydrogen-bond donors (Lipinski definition) is 2. The molecule has 5 nitrogen and oxygen atoms in total. The number of rotatable bonds is 5. The van der Waals surface area contributed by atoms with Crippen molar-refractivity contribution in [1.29, 1.82) is 0 Å². The van der Waals surface area contributed by atoms with Crippen molar-refractivity contribution >= 4 is 45.6 Å². The van der Waals surface area contributed by atoms with Crippen molar-refractivity contribution in [3.63, 3.8) is 0 Å². The summed E-state index contributed by atoms with van der Waals surface area (Å²) in [6.07, 6.45) is 0. The molecular weight excluding hydrogens is 384 g/mol. The lowest BCUT2D eigenvalue weighted by Gasteiger charge is -2.10. The van der Waals surface area contributed by atoms with Gasteiger partial charge in [0.2, 0.25) is 0 Å². The predicted octanol–water partition coefficient (Wildman–Crippen LogP) is 5.89. The van der Waals surface area contributed by atoms with Gasteiger partial charge in [-0.2, -0.15) is 0 Å². The highest BCUT2D eigenvalue weighted by Gasteiger charge is 2.22. The van der Waals surface area contributed by atoms with Gasteiger partial charge in [-0.25, -0.2) is 9.59 Å². The van der Waals surface area contributed by atoms with Gasteiger partial charge in [-0.1, -0.05) is 41.9 Å². The minimum Gasteiger partial charge on any atom is -0.462 e. The zero-order chi connectivity index (χ0) is 19.2. The van der Waals surface area contributed by atoms with Crippen LogP contribution in [0.2, 0.25) is 5.02 Å². The number of para-hydroxylation sites is 1. The van der Waals surface area contributed by atoms with Crippen molar-refractivity contribution in [2.75, 3.05) is 17.2 Å². The van der Waals surface area contributed by atoms with Crippen LogP contribution in [-0.2, 0) is 4.74 Å². The average Bonchev–Trinajstić information content (AvgIpc) is 3.06. The summed E-state index contributed by atoms with van der Waals surface area (Å²) in [4.78, 5) is 24.8. The predicted molar refractivity (Wildman–Crippen MR) is 110 cm³/mol. The number of esters is 1. The Labute approximate surface area is 165 Å². The topological polar surface area (TPSA) is 67.4 Å². The second kappa shape index (κ2) is 8.70. The maximum atomic E-state index is 12.5. The number of anilines is 2. The molecule has 0 atom stereocenters. The van der Waals surface area contributed by atoms with Gasteiger partial charge in [0.15, 0.2) is 0 Å². The van der Waals surface area contributed by atoms with Crippen molar-refractivity contribution in [3.8, 4) is 11.1 Å². The van der Waals surface area contributed by atoms with Crippen LogP contribution in [0.1, 0.15) is 17.3 Å². The molecular formula is C20H17ClN2O3S. The Morgan fingerprint density at radius 2 is 1.74 bits per heavy atom. The third-order valence-corrected chi connectivity index (χ3v) is 4.83. The zero-order valence-corrected chi connectivity index (χ0v) is 16.1. The molecule has 7 heteroatoms. The van der Waals surface area contributed by atoms with E-state index in [1.54, 1.807) is 31.2 Å². The molecule has 0 unspecified atom stereocenters. The fourth-order valence-corrected chi connectivity index (χ4v) is 3.56. The summed E-state index contributed by atoms with van der Waals surface area (Å²) in [6, 6.07) is 15.8. The van der Waals surface area contributed by atoms with Crippen molar-refractivity contribution in [3.05, 3.63) is 70.6 Å². The number of amides is 2. The SMILES string of the molecule is CCOC(=O)c1c(-c2ccc(Cl)cc2)csc1NC(=O)Nc1ccccc1. The fraction of sp³-hybridized carbons (Fsp3) is 0.100. The third-order valence-electron chi connectivity index (χ3n) is 3.68. The molecule has 2 aromatic carbocycles. The minimum absolute atomic E-state index is 0.240. The van der Waals surface area contributed by atoms with Gasteiger partial charge in [0.25, 0.3) is 0 Å². The standard InChI is InChI=1S/C20H17ClN2O3S/c1-2-26-19(24)17-16(13-8-10-14(21)11-9-13)12-27-18(17)23-20(25)22-15-6-4-3-5-7-15/h3-12H,2H2,1H3,(H2,22,23,25). The van der Waals surface area contributed by atoms with Crippen molar-refractivity contribution in [1.82, 2.24) is 0 Å². The summed E-state index contributed by atoms with van der Waals surface area (Å²) in [5.41, 5.74) is 2.48. The van der Waals surface area contributed by atoms with E-state index in [9.17, 15) is 9.59 Å². The van der Waals surface area contributed by atoms with Gasteiger partial charge in [0.05, 0.1) is 6.61 Å². The van der Waals surface area contributed by atoms with Crippen LogP contribution in [0.25, 0.3) is 11.1 Å². The Kier molecular flexibility index (Phi) is 6.11. The molecule has 2 amide bonds. The van der Waals surface area contributed by atoms with Gasteiger partial charge in [0.1, 0.15) is 10.6 Å². The number of benzene rings is 2. The number of carbonyl (C=O) groups is 2. The summed E-state index contributed by atoms with van der Waals surface area (Å²) >= 11 is 7.21. The lowest BCUT2D eigenvalue weighted by Crippen LogP contribution is -2.20. The summed E-state index contributed by atoms with van der Waals surface area (Å²) in [5, 5.41) is 8.31. The van der Waals surface area contributed by atoms with Crippen LogP contribution in [0.4, 0.5) is 15.5 Å². The van der Waals surface area contributed by atoms with Crippen LogP contribution < -0.4 is 10.6 Å². The van der Waals surface area contributed by atoms with Gasteiger partial charge in [-0.05, 0) is 36.8 Å². The van der Waals surface area contributed by atoms with Crippen molar-refractivity contribution in [2.24, 2.45) is 0 Å². The molecule has 0 saturated heterocycles. The van der Waals surface area contributed by atoms with E-state index in [4.69, 9.17) is 16.3 Å². The van der Waals surface area contributed by atoms with E-state index in [-0.39, 0.29) is 6.61 Å². The zero-order valence-electron chi connectivity index (χ0n) is 14.5. The number of nitrogens with one attached hydrogen (secondary N) is 2. The maximum absolute atomic E-state index is 12.5. The molecule has 0 radical (unpaired) electrons. The monoisotopic (exact) mass is 400 g/mol. The first kappa shape index (κ1) is 18.9. The Bertz CT molecular complexity index is 940. The summed E-state index contributed by atoms with van der Waals surface area (Å²) in [6.45, 7) is 1.98. The third kappa shape index (κ3) is 4.67. The Balaban J connectivity index is 1.89. The van der Waals surface area contributed by atoms with Crippen LogP contribution in [0, 0.1) is 0 Å². The number of thiophene rings is 1. The minimum atomic E-state index is -0.487.